The van der Waals surface area contributed by atoms with E-state index < -0.39 is 12.6 Å². The van der Waals surface area contributed by atoms with Crippen LogP contribution in [0.25, 0.3) is 0 Å². The van der Waals surface area contributed by atoms with E-state index >= 15 is 0 Å². The highest BCUT2D eigenvalue weighted by atomic mass is 127. The van der Waals surface area contributed by atoms with Gasteiger partial charge < -0.3 is 15.4 Å². The van der Waals surface area contributed by atoms with Gasteiger partial charge in [-0.05, 0) is 30.5 Å². The Hall–Kier alpha value is -1.19. The molecule has 0 aliphatic heterocycles. The fourth-order valence-corrected chi connectivity index (χ4v) is 1.79. The summed E-state index contributed by atoms with van der Waals surface area (Å²) in [4.78, 5) is 4.29. The average Bonchev–Trinajstić information content (AvgIpc) is 2.50. The Kier molecular flexibility index (Phi) is 11.6. The molecular formula is C17H27F3IN3O. The van der Waals surface area contributed by atoms with Crippen LogP contribution in [0.1, 0.15) is 32.8 Å². The Bertz CT molecular complexity index is 505. The van der Waals surface area contributed by atoms with Crippen molar-refractivity contribution in [3.05, 3.63) is 29.8 Å². The van der Waals surface area contributed by atoms with E-state index in [0.29, 0.717) is 31.6 Å². The highest BCUT2D eigenvalue weighted by Crippen LogP contribution is 2.18. The van der Waals surface area contributed by atoms with Gasteiger partial charge in [0.2, 0.25) is 0 Å². The maximum Gasteiger partial charge on any atom is 0.390 e. The van der Waals surface area contributed by atoms with Gasteiger partial charge in [-0.3, -0.25) is 0 Å². The molecule has 0 aliphatic carbocycles. The molecule has 0 radical (unpaired) electrons. The fourth-order valence-electron chi connectivity index (χ4n) is 1.79. The summed E-state index contributed by atoms with van der Waals surface area (Å²) in [6.45, 7) is 7.45. The summed E-state index contributed by atoms with van der Waals surface area (Å²) in [5.74, 6) is 1.63. The summed E-state index contributed by atoms with van der Waals surface area (Å²) in [7, 11) is 0. The second-order valence-corrected chi connectivity index (χ2v) is 5.84. The van der Waals surface area contributed by atoms with Crippen molar-refractivity contribution < 1.29 is 17.9 Å². The van der Waals surface area contributed by atoms with Crippen molar-refractivity contribution in [1.29, 1.82) is 0 Å². The van der Waals surface area contributed by atoms with Crippen molar-refractivity contribution in [2.75, 3.05) is 19.7 Å². The summed E-state index contributed by atoms with van der Waals surface area (Å²) in [6, 6.07) is 7.55. The molecule has 2 N–H and O–H groups in total. The highest BCUT2D eigenvalue weighted by Gasteiger charge is 2.26. The lowest BCUT2D eigenvalue weighted by atomic mass is 10.2. The average molecular weight is 473 g/mol. The van der Waals surface area contributed by atoms with Crippen LogP contribution < -0.4 is 15.4 Å². The molecule has 0 aliphatic rings. The third kappa shape index (κ3) is 11.9. The molecule has 1 aromatic rings. The second-order valence-electron chi connectivity index (χ2n) is 5.84. The highest BCUT2D eigenvalue weighted by molar-refractivity contribution is 14.0. The van der Waals surface area contributed by atoms with Gasteiger partial charge >= 0.3 is 6.18 Å². The van der Waals surface area contributed by atoms with Crippen molar-refractivity contribution in [3.8, 4) is 5.75 Å². The first-order valence-corrected chi connectivity index (χ1v) is 8.11. The number of halogens is 4. The molecule has 0 bridgehead atoms. The van der Waals surface area contributed by atoms with Crippen molar-refractivity contribution in [2.24, 2.45) is 10.9 Å². The molecule has 0 amide bonds. The Balaban J connectivity index is 0.00000576. The van der Waals surface area contributed by atoms with Crippen molar-refractivity contribution >= 4 is 29.9 Å². The molecule has 0 saturated carbocycles. The van der Waals surface area contributed by atoms with Crippen molar-refractivity contribution in [2.45, 2.75) is 39.9 Å². The normalized spacial score (nSPS) is 11.9. The van der Waals surface area contributed by atoms with Crippen LogP contribution in [0.4, 0.5) is 13.2 Å². The third-order valence-corrected chi connectivity index (χ3v) is 2.97. The van der Waals surface area contributed by atoms with E-state index in [-0.39, 0.29) is 30.5 Å². The molecule has 8 heteroatoms. The largest absolute Gasteiger partial charge is 0.493 e. The van der Waals surface area contributed by atoms with Crippen LogP contribution in [0.15, 0.2) is 29.3 Å². The molecule has 0 saturated heterocycles. The van der Waals surface area contributed by atoms with Gasteiger partial charge in [0.25, 0.3) is 0 Å². The molecule has 0 atom stereocenters. The molecule has 0 spiro atoms. The summed E-state index contributed by atoms with van der Waals surface area (Å²) >= 11 is 0. The number of rotatable bonds is 8. The van der Waals surface area contributed by atoms with E-state index in [0.717, 1.165) is 11.3 Å². The lowest BCUT2D eigenvalue weighted by Crippen LogP contribution is -2.38. The SMILES string of the molecule is CCNC(=NCc1ccc(OCC(C)C)cc1)NCCC(F)(F)F.I. The van der Waals surface area contributed by atoms with E-state index in [2.05, 4.69) is 29.5 Å². The molecule has 4 nitrogen and oxygen atoms in total. The van der Waals surface area contributed by atoms with Gasteiger partial charge in [0.1, 0.15) is 5.75 Å². The number of nitrogens with one attached hydrogen (secondary N) is 2. The topological polar surface area (TPSA) is 45.7 Å². The zero-order chi connectivity index (χ0) is 18.0. The van der Waals surface area contributed by atoms with E-state index in [9.17, 15) is 13.2 Å². The maximum atomic E-state index is 12.2. The minimum absolute atomic E-state index is 0. The Morgan fingerprint density at radius 2 is 1.80 bits per heavy atom. The van der Waals surface area contributed by atoms with Crippen molar-refractivity contribution in [3.63, 3.8) is 0 Å². The van der Waals surface area contributed by atoms with Gasteiger partial charge in [-0.15, -0.1) is 24.0 Å². The Morgan fingerprint density at radius 1 is 1.16 bits per heavy atom. The number of ether oxygens (including phenoxy) is 1. The first kappa shape index (κ1) is 23.8. The minimum atomic E-state index is -4.17. The lowest BCUT2D eigenvalue weighted by Gasteiger charge is -2.12. The van der Waals surface area contributed by atoms with Gasteiger partial charge in [-0.2, -0.15) is 13.2 Å². The first-order valence-electron chi connectivity index (χ1n) is 8.11. The van der Waals surface area contributed by atoms with Crippen LogP contribution >= 0.6 is 24.0 Å². The zero-order valence-corrected chi connectivity index (χ0v) is 17.2. The number of nitrogens with zero attached hydrogens (tertiary/aromatic N) is 1. The smallest absolute Gasteiger partial charge is 0.390 e. The standard InChI is InChI=1S/C17H26F3N3O.HI/c1-4-21-16(22-10-9-17(18,19)20)23-11-14-5-7-15(8-6-14)24-12-13(2)3;/h5-8,13H,4,9-12H2,1-3H3,(H2,21,22,23);1H. The summed E-state index contributed by atoms with van der Waals surface area (Å²) < 4.78 is 42.1. The van der Waals surface area contributed by atoms with Crippen LogP contribution in [0.3, 0.4) is 0 Å². The lowest BCUT2D eigenvalue weighted by molar-refractivity contribution is -0.132. The minimum Gasteiger partial charge on any atom is -0.493 e. The third-order valence-electron chi connectivity index (χ3n) is 2.97. The van der Waals surface area contributed by atoms with Gasteiger partial charge in [-0.25, -0.2) is 4.99 Å². The Morgan fingerprint density at radius 3 is 2.32 bits per heavy atom. The van der Waals surface area contributed by atoms with Crippen LogP contribution in [-0.4, -0.2) is 31.8 Å². The van der Waals surface area contributed by atoms with E-state index in [1.165, 1.54) is 0 Å². The molecular weight excluding hydrogens is 446 g/mol. The molecule has 1 rings (SSSR count). The summed E-state index contributed by atoms with van der Waals surface area (Å²) in [6.07, 6.45) is -5.06. The van der Waals surface area contributed by atoms with Gasteiger partial charge in [-0.1, -0.05) is 26.0 Å². The molecule has 0 fully saturated rings. The number of aliphatic imine (C=N–C) groups is 1. The number of benzene rings is 1. The van der Waals surface area contributed by atoms with Crippen LogP contribution in [-0.2, 0) is 6.54 Å². The predicted molar refractivity (Wildman–Crippen MR) is 106 cm³/mol. The molecule has 0 unspecified atom stereocenters. The first-order chi connectivity index (χ1) is 11.3. The maximum absolute atomic E-state index is 12.2. The van der Waals surface area contributed by atoms with E-state index in [1.807, 2.05) is 31.2 Å². The molecule has 1 aromatic carbocycles. The summed E-state index contributed by atoms with van der Waals surface area (Å²) in [5, 5.41) is 5.62. The number of guanidine groups is 1. The predicted octanol–water partition coefficient (Wildman–Crippen LogP) is 4.35. The van der Waals surface area contributed by atoms with Crippen LogP contribution in [0.2, 0.25) is 0 Å². The van der Waals surface area contributed by atoms with E-state index in [4.69, 9.17) is 4.74 Å². The van der Waals surface area contributed by atoms with E-state index in [1.54, 1.807) is 0 Å². The second kappa shape index (κ2) is 12.2. The molecule has 144 valence electrons. The number of alkyl halides is 3. The zero-order valence-electron chi connectivity index (χ0n) is 14.8. The monoisotopic (exact) mass is 473 g/mol. The van der Waals surface area contributed by atoms with Gasteiger partial charge in [0, 0.05) is 13.1 Å². The van der Waals surface area contributed by atoms with Gasteiger partial charge in [0.15, 0.2) is 5.96 Å². The van der Waals surface area contributed by atoms with Crippen LogP contribution in [0.5, 0.6) is 5.75 Å². The molecule has 0 heterocycles. The van der Waals surface area contributed by atoms with Crippen molar-refractivity contribution in [1.82, 2.24) is 10.6 Å². The fraction of sp³-hybridized carbons (Fsp3) is 0.588. The summed E-state index contributed by atoms with van der Waals surface area (Å²) in [5.41, 5.74) is 0.958. The Labute approximate surface area is 164 Å². The van der Waals surface area contributed by atoms with Gasteiger partial charge in [0.05, 0.1) is 19.6 Å². The molecule has 0 aromatic heterocycles. The molecule has 25 heavy (non-hydrogen) atoms. The number of hydrogen-bond donors (Lipinski definition) is 2. The number of hydrogen-bond acceptors (Lipinski definition) is 2. The van der Waals surface area contributed by atoms with Crippen LogP contribution in [0, 0.1) is 5.92 Å². The quantitative estimate of drug-likeness (QED) is 0.336.